The number of benzene rings is 2. The Morgan fingerprint density at radius 1 is 0.778 bits per heavy atom. The minimum atomic E-state index is -0.180. The zero-order valence-corrected chi connectivity index (χ0v) is 10.9. The lowest BCUT2D eigenvalue weighted by Crippen LogP contribution is -2.10. The van der Waals surface area contributed by atoms with Crippen molar-refractivity contribution in [3.05, 3.63) is 71.0 Å². The molecule has 0 spiro atoms. The van der Waals surface area contributed by atoms with Gasteiger partial charge in [0.2, 0.25) is 0 Å². The summed E-state index contributed by atoms with van der Waals surface area (Å²) in [4.78, 5) is 2.15. The van der Waals surface area contributed by atoms with E-state index in [2.05, 4.69) is 43.3 Å². The fourth-order valence-corrected chi connectivity index (χ4v) is 1.97. The van der Waals surface area contributed by atoms with Crippen molar-refractivity contribution in [3.8, 4) is 0 Å². The van der Waals surface area contributed by atoms with Crippen LogP contribution in [0.3, 0.4) is 0 Å². The Morgan fingerprint density at radius 2 is 1.22 bits per heavy atom. The Labute approximate surface area is 108 Å². The summed E-state index contributed by atoms with van der Waals surface area (Å²) in [5.74, 6) is -0.180. The molecular formula is C16H18FN. The topological polar surface area (TPSA) is 3.24 Å². The Hall–Kier alpha value is -1.67. The van der Waals surface area contributed by atoms with E-state index in [1.807, 2.05) is 12.1 Å². The van der Waals surface area contributed by atoms with Gasteiger partial charge in [-0.2, -0.15) is 0 Å². The molecule has 0 atom stereocenters. The first kappa shape index (κ1) is 12.8. The number of halogens is 1. The normalized spacial score (nSPS) is 10.9. The molecule has 94 valence electrons. The second-order valence-electron chi connectivity index (χ2n) is 4.86. The van der Waals surface area contributed by atoms with Crippen molar-refractivity contribution >= 4 is 0 Å². The van der Waals surface area contributed by atoms with Crippen molar-refractivity contribution in [2.75, 3.05) is 14.1 Å². The molecule has 0 unspecified atom stereocenters. The van der Waals surface area contributed by atoms with Gasteiger partial charge in [0.05, 0.1) is 0 Å². The summed E-state index contributed by atoms with van der Waals surface area (Å²) in [6.45, 7) is 0.955. The van der Waals surface area contributed by atoms with Gasteiger partial charge < -0.3 is 4.90 Å². The first-order valence-electron chi connectivity index (χ1n) is 6.10. The predicted molar refractivity (Wildman–Crippen MR) is 73.0 cm³/mol. The van der Waals surface area contributed by atoms with Crippen molar-refractivity contribution in [2.24, 2.45) is 0 Å². The molecule has 18 heavy (non-hydrogen) atoms. The SMILES string of the molecule is CN(C)Cc1ccc(Cc2ccc(F)cc2)cc1. The second-order valence-corrected chi connectivity index (χ2v) is 4.86. The zero-order valence-electron chi connectivity index (χ0n) is 10.9. The minimum Gasteiger partial charge on any atom is -0.305 e. The maximum absolute atomic E-state index is 12.8. The molecule has 0 aliphatic heterocycles. The highest BCUT2D eigenvalue weighted by Gasteiger charge is 1.99. The highest BCUT2D eigenvalue weighted by Crippen LogP contribution is 2.12. The molecule has 0 aromatic heterocycles. The highest BCUT2D eigenvalue weighted by atomic mass is 19.1. The maximum Gasteiger partial charge on any atom is 0.123 e. The summed E-state index contributed by atoms with van der Waals surface area (Å²) < 4.78 is 12.8. The molecule has 0 saturated heterocycles. The molecular weight excluding hydrogens is 225 g/mol. The summed E-state index contributed by atoms with van der Waals surface area (Å²) in [6.07, 6.45) is 0.850. The smallest absolute Gasteiger partial charge is 0.123 e. The fraction of sp³-hybridized carbons (Fsp3) is 0.250. The molecule has 0 N–H and O–H groups in total. The minimum absolute atomic E-state index is 0.180. The van der Waals surface area contributed by atoms with Gasteiger partial charge in [0.25, 0.3) is 0 Å². The van der Waals surface area contributed by atoms with E-state index in [0.29, 0.717) is 0 Å². The monoisotopic (exact) mass is 243 g/mol. The second kappa shape index (κ2) is 5.78. The third-order valence-electron chi connectivity index (χ3n) is 2.84. The van der Waals surface area contributed by atoms with E-state index in [9.17, 15) is 4.39 Å². The molecule has 0 amide bonds. The number of nitrogens with zero attached hydrogens (tertiary/aromatic N) is 1. The number of rotatable bonds is 4. The highest BCUT2D eigenvalue weighted by molar-refractivity contribution is 5.28. The van der Waals surface area contributed by atoms with Crippen LogP contribution in [-0.2, 0) is 13.0 Å². The Morgan fingerprint density at radius 3 is 1.72 bits per heavy atom. The van der Waals surface area contributed by atoms with Crippen LogP contribution in [0.1, 0.15) is 16.7 Å². The lowest BCUT2D eigenvalue weighted by atomic mass is 10.0. The van der Waals surface area contributed by atoms with E-state index < -0.39 is 0 Å². The van der Waals surface area contributed by atoms with Crippen LogP contribution in [0.15, 0.2) is 48.5 Å². The van der Waals surface area contributed by atoms with Crippen LogP contribution in [0.2, 0.25) is 0 Å². The zero-order chi connectivity index (χ0) is 13.0. The average Bonchev–Trinajstić information content (AvgIpc) is 2.34. The third kappa shape index (κ3) is 3.67. The molecule has 2 rings (SSSR count). The van der Waals surface area contributed by atoms with Crippen LogP contribution in [0, 0.1) is 5.82 Å². The summed E-state index contributed by atoms with van der Waals surface area (Å²) in [5, 5.41) is 0. The van der Waals surface area contributed by atoms with Gasteiger partial charge in [0.1, 0.15) is 5.82 Å². The Bertz CT molecular complexity index is 486. The Balaban J connectivity index is 2.04. The molecule has 2 heteroatoms. The Kier molecular flexibility index (Phi) is 4.11. The van der Waals surface area contributed by atoms with Crippen LogP contribution < -0.4 is 0 Å². The average molecular weight is 243 g/mol. The van der Waals surface area contributed by atoms with Gasteiger partial charge in [-0.1, -0.05) is 36.4 Å². The standard InChI is InChI=1S/C16H18FN/c1-18(2)12-15-5-3-13(4-6-15)11-14-7-9-16(17)10-8-14/h3-10H,11-12H2,1-2H3. The molecule has 0 heterocycles. The van der Waals surface area contributed by atoms with Crippen LogP contribution >= 0.6 is 0 Å². The molecule has 0 saturated carbocycles. The van der Waals surface area contributed by atoms with Gasteiger partial charge in [-0.3, -0.25) is 0 Å². The molecule has 0 aliphatic carbocycles. The van der Waals surface area contributed by atoms with Gasteiger partial charge in [0, 0.05) is 6.54 Å². The van der Waals surface area contributed by atoms with Crippen molar-refractivity contribution in [1.29, 1.82) is 0 Å². The van der Waals surface area contributed by atoms with Gasteiger partial charge in [0.15, 0.2) is 0 Å². The molecule has 0 bridgehead atoms. The first-order valence-corrected chi connectivity index (χ1v) is 6.10. The van der Waals surface area contributed by atoms with Gasteiger partial charge in [-0.15, -0.1) is 0 Å². The summed E-state index contributed by atoms with van der Waals surface area (Å²) in [7, 11) is 4.12. The number of hydrogen-bond acceptors (Lipinski definition) is 1. The van der Waals surface area contributed by atoms with Gasteiger partial charge in [-0.25, -0.2) is 4.39 Å². The summed E-state index contributed by atoms with van der Waals surface area (Å²) in [5.41, 5.74) is 3.70. The van der Waals surface area contributed by atoms with E-state index in [4.69, 9.17) is 0 Å². The lowest BCUT2D eigenvalue weighted by Gasteiger charge is -2.10. The van der Waals surface area contributed by atoms with Crippen LogP contribution in [0.4, 0.5) is 4.39 Å². The first-order chi connectivity index (χ1) is 8.63. The maximum atomic E-state index is 12.8. The van der Waals surface area contributed by atoms with Crippen LogP contribution in [-0.4, -0.2) is 19.0 Å². The van der Waals surface area contributed by atoms with E-state index in [1.54, 1.807) is 0 Å². The third-order valence-corrected chi connectivity index (χ3v) is 2.84. The molecule has 2 aromatic rings. The molecule has 0 fully saturated rings. The molecule has 1 nitrogen and oxygen atoms in total. The quantitative estimate of drug-likeness (QED) is 0.794. The molecule has 0 aliphatic rings. The predicted octanol–water partition coefficient (Wildman–Crippen LogP) is 3.48. The summed E-state index contributed by atoms with van der Waals surface area (Å²) >= 11 is 0. The molecule has 2 aromatic carbocycles. The van der Waals surface area contributed by atoms with Crippen molar-refractivity contribution in [1.82, 2.24) is 4.90 Å². The van der Waals surface area contributed by atoms with Crippen LogP contribution in [0.25, 0.3) is 0 Å². The largest absolute Gasteiger partial charge is 0.305 e. The van der Waals surface area contributed by atoms with Crippen molar-refractivity contribution in [3.63, 3.8) is 0 Å². The number of hydrogen-bond donors (Lipinski definition) is 0. The van der Waals surface area contributed by atoms with E-state index in [1.165, 1.54) is 23.3 Å². The molecule has 0 radical (unpaired) electrons. The van der Waals surface area contributed by atoms with E-state index in [0.717, 1.165) is 18.5 Å². The van der Waals surface area contributed by atoms with Gasteiger partial charge >= 0.3 is 0 Å². The van der Waals surface area contributed by atoms with Crippen LogP contribution in [0.5, 0.6) is 0 Å². The van der Waals surface area contributed by atoms with Gasteiger partial charge in [-0.05, 0) is 49.3 Å². The lowest BCUT2D eigenvalue weighted by molar-refractivity contribution is 0.402. The van der Waals surface area contributed by atoms with E-state index >= 15 is 0 Å². The van der Waals surface area contributed by atoms with Crippen molar-refractivity contribution < 1.29 is 4.39 Å². The fourth-order valence-electron chi connectivity index (χ4n) is 1.97. The van der Waals surface area contributed by atoms with E-state index in [-0.39, 0.29) is 5.82 Å². The summed E-state index contributed by atoms with van der Waals surface area (Å²) in [6, 6.07) is 15.3. The van der Waals surface area contributed by atoms with Crippen molar-refractivity contribution in [2.45, 2.75) is 13.0 Å².